The predicted molar refractivity (Wildman–Crippen MR) is 112 cm³/mol. The number of benzene rings is 2. The Bertz CT molecular complexity index is 914. The highest BCUT2D eigenvalue weighted by Crippen LogP contribution is 2.31. The van der Waals surface area contributed by atoms with E-state index in [1.54, 1.807) is 43.0 Å². The Kier molecular flexibility index (Phi) is 6.01. The van der Waals surface area contributed by atoms with Gasteiger partial charge in [0.25, 0.3) is 0 Å². The number of para-hydroxylation sites is 1. The Hall–Kier alpha value is -3.15. The summed E-state index contributed by atoms with van der Waals surface area (Å²) in [5.41, 5.74) is 3.93. The summed E-state index contributed by atoms with van der Waals surface area (Å²) in [6, 6.07) is 12.4. The third-order valence-corrected chi connectivity index (χ3v) is 4.94. The molecule has 0 unspecified atom stereocenters. The van der Waals surface area contributed by atoms with E-state index in [0.717, 1.165) is 16.8 Å². The second-order valence-corrected chi connectivity index (χ2v) is 7.67. The van der Waals surface area contributed by atoms with Crippen LogP contribution in [0, 0.1) is 19.8 Å². The fourth-order valence-corrected chi connectivity index (χ4v) is 3.55. The zero-order valence-electron chi connectivity index (χ0n) is 17.2. The van der Waals surface area contributed by atoms with Crippen LogP contribution in [-0.2, 0) is 14.3 Å². The van der Waals surface area contributed by atoms with Crippen molar-refractivity contribution in [2.24, 2.45) is 5.92 Å². The monoisotopic (exact) mass is 394 g/mol. The van der Waals surface area contributed by atoms with Crippen LogP contribution in [-0.4, -0.2) is 30.4 Å². The summed E-state index contributed by atoms with van der Waals surface area (Å²) in [4.78, 5) is 38.9. The molecular formula is C23H26N2O4. The molecule has 1 fully saturated rings. The largest absolute Gasteiger partial charge is 0.459 e. The van der Waals surface area contributed by atoms with Crippen molar-refractivity contribution in [3.63, 3.8) is 0 Å². The summed E-state index contributed by atoms with van der Waals surface area (Å²) in [5, 5.41) is 2.84. The van der Waals surface area contributed by atoms with Gasteiger partial charge in [-0.15, -0.1) is 0 Å². The average molecular weight is 394 g/mol. The fourth-order valence-electron chi connectivity index (χ4n) is 3.55. The number of amides is 2. The third-order valence-electron chi connectivity index (χ3n) is 4.94. The molecule has 0 aromatic heterocycles. The van der Waals surface area contributed by atoms with Gasteiger partial charge in [0.05, 0.1) is 17.6 Å². The lowest BCUT2D eigenvalue weighted by Crippen LogP contribution is -2.29. The first-order valence-electron chi connectivity index (χ1n) is 9.74. The van der Waals surface area contributed by atoms with Gasteiger partial charge >= 0.3 is 5.97 Å². The Morgan fingerprint density at radius 2 is 1.69 bits per heavy atom. The van der Waals surface area contributed by atoms with Gasteiger partial charge in [0.15, 0.2) is 0 Å². The van der Waals surface area contributed by atoms with Gasteiger partial charge in [-0.25, -0.2) is 4.79 Å². The Morgan fingerprint density at radius 1 is 1.07 bits per heavy atom. The predicted octanol–water partition coefficient (Wildman–Crippen LogP) is 3.86. The summed E-state index contributed by atoms with van der Waals surface area (Å²) in [6.45, 7) is 7.87. The zero-order chi connectivity index (χ0) is 21.1. The molecule has 0 bridgehead atoms. The van der Waals surface area contributed by atoms with E-state index in [1.807, 2.05) is 32.0 Å². The van der Waals surface area contributed by atoms with Gasteiger partial charge in [0.2, 0.25) is 11.8 Å². The molecule has 2 aromatic carbocycles. The normalized spacial score (nSPS) is 16.2. The standard InChI is InChI=1S/C23H26N2O4/c1-14(2)29-23(28)17-8-10-19(11-9-17)24-22(27)18-12-20(26)25(13-18)21-15(3)6-5-7-16(21)4/h5-11,14,18H,12-13H2,1-4H3,(H,24,27)/t18-/m0/s1. The van der Waals surface area contributed by atoms with Crippen molar-refractivity contribution in [1.82, 2.24) is 0 Å². The fraction of sp³-hybridized carbons (Fsp3) is 0.348. The first-order chi connectivity index (χ1) is 13.8. The second-order valence-electron chi connectivity index (χ2n) is 7.67. The number of hydrogen-bond acceptors (Lipinski definition) is 4. The number of nitrogens with zero attached hydrogens (tertiary/aromatic N) is 1. The SMILES string of the molecule is Cc1cccc(C)c1N1C[C@@H](C(=O)Nc2ccc(C(=O)OC(C)C)cc2)CC1=O. The molecule has 2 amide bonds. The lowest BCUT2D eigenvalue weighted by atomic mass is 10.1. The van der Waals surface area contributed by atoms with Crippen molar-refractivity contribution in [2.45, 2.75) is 40.2 Å². The van der Waals surface area contributed by atoms with E-state index in [0.29, 0.717) is 17.8 Å². The maximum Gasteiger partial charge on any atom is 0.338 e. The van der Waals surface area contributed by atoms with Crippen LogP contribution in [0.2, 0.25) is 0 Å². The maximum absolute atomic E-state index is 12.7. The molecule has 29 heavy (non-hydrogen) atoms. The average Bonchev–Trinajstić information content (AvgIpc) is 3.03. The van der Waals surface area contributed by atoms with Crippen molar-refractivity contribution in [3.05, 3.63) is 59.2 Å². The molecule has 6 nitrogen and oxygen atoms in total. The molecule has 0 aliphatic carbocycles. The van der Waals surface area contributed by atoms with E-state index in [4.69, 9.17) is 4.74 Å². The highest BCUT2D eigenvalue weighted by atomic mass is 16.5. The molecule has 1 saturated heterocycles. The molecule has 1 heterocycles. The smallest absolute Gasteiger partial charge is 0.338 e. The number of rotatable bonds is 5. The van der Waals surface area contributed by atoms with Crippen molar-refractivity contribution in [1.29, 1.82) is 0 Å². The Labute approximate surface area is 170 Å². The summed E-state index contributed by atoms with van der Waals surface area (Å²) in [5.74, 6) is -1.07. The molecule has 1 N–H and O–H groups in total. The van der Waals surface area contributed by atoms with Crippen LogP contribution >= 0.6 is 0 Å². The first kappa shape index (κ1) is 20.6. The van der Waals surface area contributed by atoms with Gasteiger partial charge in [0, 0.05) is 24.3 Å². The van der Waals surface area contributed by atoms with Crippen LogP contribution in [0.25, 0.3) is 0 Å². The molecule has 0 saturated carbocycles. The first-order valence-corrected chi connectivity index (χ1v) is 9.74. The quantitative estimate of drug-likeness (QED) is 0.782. The van der Waals surface area contributed by atoms with E-state index >= 15 is 0 Å². The van der Waals surface area contributed by atoms with Crippen LogP contribution in [0.5, 0.6) is 0 Å². The molecule has 152 valence electrons. The number of ether oxygens (including phenoxy) is 1. The Balaban J connectivity index is 1.66. The lowest BCUT2D eigenvalue weighted by molar-refractivity contribution is -0.122. The third kappa shape index (κ3) is 4.65. The van der Waals surface area contributed by atoms with Crippen LogP contribution in [0.3, 0.4) is 0 Å². The molecule has 1 aliphatic rings. The molecule has 6 heteroatoms. The number of aryl methyl sites for hydroxylation is 2. The Morgan fingerprint density at radius 3 is 2.28 bits per heavy atom. The van der Waals surface area contributed by atoms with Gasteiger partial charge in [-0.05, 0) is 63.1 Å². The number of hydrogen-bond donors (Lipinski definition) is 1. The molecule has 1 atom stereocenters. The second kappa shape index (κ2) is 8.47. The van der Waals surface area contributed by atoms with Crippen molar-refractivity contribution >= 4 is 29.2 Å². The minimum Gasteiger partial charge on any atom is -0.459 e. The van der Waals surface area contributed by atoms with Gasteiger partial charge in [-0.2, -0.15) is 0 Å². The van der Waals surface area contributed by atoms with E-state index in [1.165, 1.54) is 0 Å². The molecule has 3 rings (SSSR count). The summed E-state index contributed by atoms with van der Waals surface area (Å²) >= 11 is 0. The number of nitrogens with one attached hydrogen (secondary N) is 1. The van der Waals surface area contributed by atoms with Gasteiger partial charge in [-0.3, -0.25) is 9.59 Å². The van der Waals surface area contributed by atoms with Crippen LogP contribution < -0.4 is 10.2 Å². The van der Waals surface area contributed by atoms with E-state index < -0.39 is 11.9 Å². The van der Waals surface area contributed by atoms with E-state index in [9.17, 15) is 14.4 Å². The van der Waals surface area contributed by atoms with E-state index in [2.05, 4.69) is 5.32 Å². The minimum atomic E-state index is -0.424. The van der Waals surface area contributed by atoms with Crippen LogP contribution in [0.4, 0.5) is 11.4 Å². The highest BCUT2D eigenvalue weighted by Gasteiger charge is 2.36. The van der Waals surface area contributed by atoms with Crippen LogP contribution in [0.1, 0.15) is 41.8 Å². The number of anilines is 2. The van der Waals surface area contributed by atoms with Crippen molar-refractivity contribution < 1.29 is 19.1 Å². The lowest BCUT2D eigenvalue weighted by Gasteiger charge is -2.21. The van der Waals surface area contributed by atoms with E-state index in [-0.39, 0.29) is 24.3 Å². The molecule has 2 aromatic rings. The molecule has 0 radical (unpaired) electrons. The highest BCUT2D eigenvalue weighted by molar-refractivity contribution is 6.04. The van der Waals surface area contributed by atoms with Gasteiger partial charge < -0.3 is 15.0 Å². The number of carbonyl (C=O) groups is 3. The topological polar surface area (TPSA) is 75.7 Å². The number of esters is 1. The van der Waals surface area contributed by atoms with Gasteiger partial charge in [-0.1, -0.05) is 18.2 Å². The van der Waals surface area contributed by atoms with Crippen LogP contribution in [0.15, 0.2) is 42.5 Å². The molecular weight excluding hydrogens is 368 g/mol. The van der Waals surface area contributed by atoms with Gasteiger partial charge in [0.1, 0.15) is 0 Å². The van der Waals surface area contributed by atoms with Crippen molar-refractivity contribution in [2.75, 3.05) is 16.8 Å². The molecule has 0 spiro atoms. The maximum atomic E-state index is 12.7. The zero-order valence-corrected chi connectivity index (χ0v) is 17.2. The summed E-state index contributed by atoms with van der Waals surface area (Å²) in [6.07, 6.45) is -0.0140. The van der Waals surface area contributed by atoms with Crippen molar-refractivity contribution in [3.8, 4) is 0 Å². The number of carbonyl (C=O) groups excluding carboxylic acids is 3. The summed E-state index contributed by atoms with van der Waals surface area (Å²) in [7, 11) is 0. The summed E-state index contributed by atoms with van der Waals surface area (Å²) < 4.78 is 5.15. The molecule has 1 aliphatic heterocycles. The minimum absolute atomic E-state index is 0.0469.